The molecule has 3 atom stereocenters. The van der Waals surface area contributed by atoms with E-state index in [2.05, 4.69) is 0 Å². The quantitative estimate of drug-likeness (QED) is 0.593. The summed E-state index contributed by atoms with van der Waals surface area (Å²) in [5.74, 6) is -0.430. The van der Waals surface area contributed by atoms with E-state index in [9.17, 15) is 9.90 Å². The van der Waals surface area contributed by atoms with E-state index >= 15 is 0 Å². The van der Waals surface area contributed by atoms with Gasteiger partial charge in [0.25, 0.3) is 0 Å². The van der Waals surface area contributed by atoms with E-state index in [0.29, 0.717) is 18.9 Å². The molecule has 0 amide bonds. The minimum Gasteiger partial charge on any atom is -0.480 e. The van der Waals surface area contributed by atoms with E-state index in [1.807, 2.05) is 6.92 Å². The van der Waals surface area contributed by atoms with Gasteiger partial charge in [-0.3, -0.25) is 9.69 Å². The third-order valence-electron chi connectivity index (χ3n) is 2.92. The molecule has 5 heteroatoms. The van der Waals surface area contributed by atoms with Gasteiger partial charge in [0.1, 0.15) is 6.04 Å². The van der Waals surface area contributed by atoms with Crippen molar-refractivity contribution in [3.63, 3.8) is 0 Å². The number of rotatable bonds is 4. The summed E-state index contributed by atoms with van der Waals surface area (Å²) in [5, 5.41) is 27.0. The molecule has 5 nitrogen and oxygen atoms in total. The van der Waals surface area contributed by atoms with Gasteiger partial charge in [-0.05, 0) is 25.3 Å². The molecule has 15 heavy (non-hydrogen) atoms. The lowest BCUT2D eigenvalue weighted by atomic mass is 9.92. The van der Waals surface area contributed by atoms with E-state index in [-0.39, 0.29) is 13.2 Å². The first kappa shape index (κ1) is 12.4. The van der Waals surface area contributed by atoms with E-state index in [1.54, 1.807) is 4.90 Å². The molecule has 0 aromatic heterocycles. The van der Waals surface area contributed by atoms with Crippen LogP contribution in [0.1, 0.15) is 19.8 Å². The van der Waals surface area contributed by atoms with Crippen LogP contribution in [0.2, 0.25) is 0 Å². The molecular formula is C10H19NO4. The molecule has 1 aliphatic heterocycles. The summed E-state index contributed by atoms with van der Waals surface area (Å²) in [6.45, 7) is 2.63. The number of aliphatic hydroxyl groups excluding tert-OH is 2. The second-order valence-corrected chi connectivity index (χ2v) is 4.31. The van der Waals surface area contributed by atoms with Gasteiger partial charge in [0, 0.05) is 6.54 Å². The van der Waals surface area contributed by atoms with Crippen molar-refractivity contribution in [3.05, 3.63) is 0 Å². The van der Waals surface area contributed by atoms with Gasteiger partial charge in [0.15, 0.2) is 0 Å². The van der Waals surface area contributed by atoms with Crippen molar-refractivity contribution in [2.45, 2.75) is 31.9 Å². The molecule has 0 aliphatic carbocycles. The maximum atomic E-state index is 11.0. The maximum absolute atomic E-state index is 11.0. The molecule has 88 valence electrons. The smallest absolute Gasteiger partial charge is 0.320 e. The van der Waals surface area contributed by atoms with Gasteiger partial charge in [0.05, 0.1) is 12.7 Å². The van der Waals surface area contributed by atoms with E-state index < -0.39 is 18.1 Å². The Balaban J connectivity index is 2.56. The van der Waals surface area contributed by atoms with Gasteiger partial charge in [-0.15, -0.1) is 0 Å². The van der Waals surface area contributed by atoms with Crippen LogP contribution in [0.5, 0.6) is 0 Å². The maximum Gasteiger partial charge on any atom is 0.320 e. The fourth-order valence-electron chi connectivity index (χ4n) is 1.99. The number of carboxylic acid groups (broad SMARTS) is 1. The summed E-state index contributed by atoms with van der Waals surface area (Å²) in [4.78, 5) is 12.7. The van der Waals surface area contributed by atoms with Crippen LogP contribution < -0.4 is 0 Å². The highest BCUT2D eigenvalue weighted by Crippen LogP contribution is 2.22. The summed E-state index contributed by atoms with van der Waals surface area (Å²) >= 11 is 0. The highest BCUT2D eigenvalue weighted by atomic mass is 16.4. The summed E-state index contributed by atoms with van der Waals surface area (Å²) in [5.41, 5.74) is 0. The first-order valence-corrected chi connectivity index (χ1v) is 5.30. The van der Waals surface area contributed by atoms with Crippen LogP contribution >= 0.6 is 0 Å². The number of carboxylic acids is 1. The number of piperidine rings is 1. The number of β-amino-alcohol motifs (C(OH)–C–C–N with tert-alkyl or cyclic N) is 1. The Morgan fingerprint density at radius 2 is 2.27 bits per heavy atom. The van der Waals surface area contributed by atoms with E-state index in [0.717, 1.165) is 6.42 Å². The lowest BCUT2D eigenvalue weighted by molar-refractivity contribution is -0.146. The zero-order chi connectivity index (χ0) is 11.4. The average Bonchev–Trinajstić information content (AvgIpc) is 2.20. The minimum absolute atomic E-state index is 0.236. The third-order valence-corrected chi connectivity index (χ3v) is 2.92. The molecule has 1 aliphatic rings. The zero-order valence-corrected chi connectivity index (χ0v) is 8.96. The second kappa shape index (κ2) is 5.44. The Morgan fingerprint density at radius 1 is 1.60 bits per heavy atom. The topological polar surface area (TPSA) is 81.0 Å². The number of hydrogen-bond donors (Lipinski definition) is 3. The molecule has 1 rings (SSSR count). The lowest BCUT2D eigenvalue weighted by Crippen LogP contribution is -2.50. The molecule has 3 unspecified atom stereocenters. The summed E-state index contributed by atoms with van der Waals surface area (Å²) < 4.78 is 0. The average molecular weight is 217 g/mol. The molecule has 0 spiro atoms. The highest BCUT2D eigenvalue weighted by Gasteiger charge is 2.32. The first-order chi connectivity index (χ1) is 7.04. The van der Waals surface area contributed by atoms with Crippen LogP contribution in [0.25, 0.3) is 0 Å². The van der Waals surface area contributed by atoms with Crippen molar-refractivity contribution in [3.8, 4) is 0 Å². The summed E-state index contributed by atoms with van der Waals surface area (Å²) in [6, 6.07) is -0.519. The Bertz CT molecular complexity index is 221. The van der Waals surface area contributed by atoms with Crippen LogP contribution in [0.4, 0.5) is 0 Å². The fourth-order valence-corrected chi connectivity index (χ4v) is 1.99. The second-order valence-electron chi connectivity index (χ2n) is 4.31. The number of aliphatic carboxylic acids is 1. The molecule has 0 saturated carbocycles. The molecule has 1 fully saturated rings. The van der Waals surface area contributed by atoms with Crippen LogP contribution in [0, 0.1) is 5.92 Å². The van der Waals surface area contributed by atoms with Crippen LogP contribution in [0.15, 0.2) is 0 Å². The predicted octanol–water partition coefficient (Wildman–Crippen LogP) is -0.475. The fraction of sp³-hybridized carbons (Fsp3) is 0.900. The first-order valence-electron chi connectivity index (χ1n) is 5.30. The number of nitrogens with zero attached hydrogens (tertiary/aromatic N) is 1. The Hall–Kier alpha value is -0.650. The van der Waals surface area contributed by atoms with Crippen LogP contribution in [-0.4, -0.2) is 58.0 Å². The Kier molecular flexibility index (Phi) is 4.50. The molecular weight excluding hydrogens is 198 g/mol. The zero-order valence-electron chi connectivity index (χ0n) is 8.96. The van der Waals surface area contributed by atoms with E-state index in [4.69, 9.17) is 10.2 Å². The van der Waals surface area contributed by atoms with Crippen molar-refractivity contribution in [2.24, 2.45) is 5.92 Å². The van der Waals surface area contributed by atoms with Gasteiger partial charge in [-0.1, -0.05) is 6.92 Å². The van der Waals surface area contributed by atoms with Gasteiger partial charge < -0.3 is 15.3 Å². The molecule has 0 bridgehead atoms. The number of aliphatic hydroxyl groups is 2. The molecule has 0 aromatic rings. The molecule has 1 saturated heterocycles. The number of hydrogen-bond acceptors (Lipinski definition) is 4. The highest BCUT2D eigenvalue weighted by molar-refractivity contribution is 5.73. The normalized spacial score (nSPS) is 30.1. The van der Waals surface area contributed by atoms with Crippen molar-refractivity contribution in [2.75, 3.05) is 19.7 Å². The van der Waals surface area contributed by atoms with Gasteiger partial charge in [-0.2, -0.15) is 0 Å². The van der Waals surface area contributed by atoms with Gasteiger partial charge in [-0.25, -0.2) is 0 Å². The third kappa shape index (κ3) is 3.44. The lowest BCUT2D eigenvalue weighted by Gasteiger charge is -2.36. The number of likely N-dealkylation sites (tertiary alicyclic amines) is 1. The SMILES string of the molecule is CC1CCN(CC(O)CO)C(C(=O)O)C1. The molecule has 3 N–H and O–H groups in total. The minimum atomic E-state index is -0.847. The van der Waals surface area contributed by atoms with Gasteiger partial charge in [0.2, 0.25) is 0 Å². The van der Waals surface area contributed by atoms with Crippen LogP contribution in [0.3, 0.4) is 0 Å². The van der Waals surface area contributed by atoms with Crippen molar-refractivity contribution >= 4 is 5.97 Å². The van der Waals surface area contributed by atoms with E-state index in [1.165, 1.54) is 0 Å². The van der Waals surface area contributed by atoms with Crippen molar-refractivity contribution in [1.82, 2.24) is 4.90 Å². The summed E-state index contributed by atoms with van der Waals surface area (Å²) in [7, 11) is 0. The Morgan fingerprint density at radius 3 is 2.80 bits per heavy atom. The standard InChI is InChI=1S/C10H19NO4/c1-7-2-3-11(5-8(13)6-12)9(4-7)10(14)15/h7-9,12-13H,2-6H2,1H3,(H,14,15). The molecule has 1 heterocycles. The van der Waals surface area contributed by atoms with Gasteiger partial charge >= 0.3 is 5.97 Å². The summed E-state index contributed by atoms with van der Waals surface area (Å²) in [6.07, 6.45) is 0.718. The van der Waals surface area contributed by atoms with Crippen LogP contribution in [-0.2, 0) is 4.79 Å². The molecule has 0 radical (unpaired) electrons. The number of carbonyl (C=O) groups is 1. The van der Waals surface area contributed by atoms with Crippen molar-refractivity contribution < 1.29 is 20.1 Å². The monoisotopic (exact) mass is 217 g/mol. The molecule has 0 aromatic carbocycles. The largest absolute Gasteiger partial charge is 0.480 e. The predicted molar refractivity (Wildman–Crippen MR) is 54.5 cm³/mol. The Labute approximate surface area is 89.3 Å². The van der Waals surface area contributed by atoms with Crippen molar-refractivity contribution in [1.29, 1.82) is 0 Å².